The zero-order valence-electron chi connectivity index (χ0n) is 36.6. The summed E-state index contributed by atoms with van der Waals surface area (Å²) in [6, 6.07) is 99.1. The second-order valence-electron chi connectivity index (χ2n) is 16.2. The van der Waals surface area contributed by atoms with Crippen LogP contribution in [-0.4, -0.2) is 0 Å². The lowest BCUT2D eigenvalue weighted by atomic mass is 9.94. The minimum Gasteiger partial charge on any atom is -0.311 e. The van der Waals surface area contributed by atoms with E-state index in [0.717, 1.165) is 56.4 Å². The lowest BCUT2D eigenvalue weighted by molar-refractivity contribution is 1.28. The summed E-state index contributed by atoms with van der Waals surface area (Å²) in [5, 5.41) is 0. The van der Waals surface area contributed by atoms with Gasteiger partial charge in [-0.2, -0.15) is 0 Å². The molecule has 0 spiro atoms. The largest absolute Gasteiger partial charge is 0.311 e. The summed E-state index contributed by atoms with van der Waals surface area (Å²) >= 11 is 0. The van der Waals surface area contributed by atoms with E-state index in [4.69, 9.17) is 0 Å². The van der Waals surface area contributed by atoms with Gasteiger partial charge in [0.05, 0.1) is 0 Å². The number of hydrogen-bond donors (Lipinski definition) is 0. The highest BCUT2D eigenvalue weighted by Crippen LogP contribution is 2.38. The predicted molar refractivity (Wildman–Crippen MR) is 281 cm³/mol. The van der Waals surface area contributed by atoms with Crippen molar-refractivity contribution >= 4 is 57.4 Å². The van der Waals surface area contributed by atoms with Crippen LogP contribution in [0.4, 0.5) is 34.1 Å². The summed E-state index contributed by atoms with van der Waals surface area (Å²) in [6.07, 6.45) is 4.60. The number of hydrogen-bond acceptors (Lipinski definition) is 2. The third-order valence-corrected chi connectivity index (χ3v) is 11.9. The molecular weight excluding hydrogens is 797 g/mol. The Hall–Kier alpha value is -8.72. The molecule has 0 fully saturated rings. The van der Waals surface area contributed by atoms with E-state index in [0.29, 0.717) is 0 Å². The van der Waals surface area contributed by atoms with Crippen molar-refractivity contribution in [3.63, 3.8) is 0 Å². The fourth-order valence-electron chi connectivity index (χ4n) is 8.56. The highest BCUT2D eigenvalue weighted by atomic mass is 15.1. The normalized spacial score (nSPS) is 11.5. The highest BCUT2D eigenvalue weighted by molar-refractivity contribution is 5.94. The van der Waals surface area contributed by atoms with E-state index in [9.17, 15) is 0 Å². The van der Waals surface area contributed by atoms with Crippen molar-refractivity contribution in [2.24, 2.45) is 0 Å². The Morgan fingerprint density at radius 2 is 0.439 bits per heavy atom. The van der Waals surface area contributed by atoms with E-state index in [2.05, 4.69) is 301 Å². The Morgan fingerprint density at radius 3 is 0.712 bits per heavy atom. The molecule has 0 radical (unpaired) electrons. The Morgan fingerprint density at radius 1 is 0.212 bits per heavy atom. The van der Waals surface area contributed by atoms with Gasteiger partial charge < -0.3 is 9.80 Å². The third kappa shape index (κ3) is 9.45. The number of nitrogens with zero attached hydrogens (tertiary/aromatic N) is 2. The van der Waals surface area contributed by atoms with E-state index < -0.39 is 0 Å². The maximum Gasteiger partial charge on any atom is 0.0462 e. The molecule has 10 aromatic rings. The van der Waals surface area contributed by atoms with Crippen LogP contribution in [0.1, 0.15) is 33.4 Å². The topological polar surface area (TPSA) is 6.48 Å². The first kappa shape index (κ1) is 41.3. The van der Waals surface area contributed by atoms with Crippen molar-refractivity contribution in [3.05, 3.63) is 312 Å². The van der Waals surface area contributed by atoms with Crippen LogP contribution in [0.3, 0.4) is 0 Å². The molecule has 0 N–H and O–H groups in total. The first-order valence-corrected chi connectivity index (χ1v) is 22.5. The molecule has 0 saturated carbocycles. The maximum absolute atomic E-state index is 2.30. The van der Waals surface area contributed by atoms with Crippen LogP contribution in [0.5, 0.6) is 0 Å². The smallest absolute Gasteiger partial charge is 0.0462 e. The minimum atomic E-state index is 1.11. The number of rotatable bonds is 13. The lowest BCUT2D eigenvalue weighted by Gasteiger charge is -2.25. The SMILES string of the molecule is C(=C(c1ccccc1)c1ccc(N(c2ccccc2)c2ccccc2)cc1)c1ccc(-c2ccc(C=C(c3ccccc3)c3ccc(N(c4ccccc4)c4ccccc4)cc3)cc2)cc1. The van der Waals surface area contributed by atoms with Crippen LogP contribution in [0.15, 0.2) is 279 Å². The van der Waals surface area contributed by atoms with E-state index in [1.54, 1.807) is 0 Å². The molecule has 0 atom stereocenters. The van der Waals surface area contributed by atoms with Gasteiger partial charge in [-0.1, -0.05) is 206 Å². The van der Waals surface area contributed by atoms with E-state index in [1.165, 1.54) is 33.4 Å². The molecule has 314 valence electrons. The zero-order chi connectivity index (χ0) is 44.3. The van der Waals surface area contributed by atoms with Gasteiger partial charge in [-0.3, -0.25) is 0 Å². The van der Waals surface area contributed by atoms with Crippen molar-refractivity contribution in [1.29, 1.82) is 0 Å². The van der Waals surface area contributed by atoms with Crippen molar-refractivity contribution in [2.45, 2.75) is 0 Å². The molecule has 0 heterocycles. The molecule has 10 aromatic carbocycles. The second kappa shape index (κ2) is 19.8. The van der Waals surface area contributed by atoms with Crippen LogP contribution in [-0.2, 0) is 0 Å². The molecule has 0 amide bonds. The number of benzene rings is 10. The molecule has 0 bridgehead atoms. The predicted octanol–water partition coefficient (Wildman–Crippen LogP) is 17.5. The molecule has 0 aliphatic carbocycles. The Kier molecular flexibility index (Phi) is 12.4. The van der Waals surface area contributed by atoms with E-state index >= 15 is 0 Å². The molecule has 0 aromatic heterocycles. The van der Waals surface area contributed by atoms with E-state index in [1.807, 2.05) is 0 Å². The van der Waals surface area contributed by atoms with Gasteiger partial charge in [0.25, 0.3) is 0 Å². The van der Waals surface area contributed by atoms with Crippen molar-refractivity contribution in [2.75, 3.05) is 9.80 Å². The van der Waals surface area contributed by atoms with Gasteiger partial charge in [0.2, 0.25) is 0 Å². The van der Waals surface area contributed by atoms with Gasteiger partial charge in [-0.25, -0.2) is 0 Å². The van der Waals surface area contributed by atoms with Gasteiger partial charge in [-0.15, -0.1) is 0 Å². The zero-order valence-corrected chi connectivity index (χ0v) is 36.6. The second-order valence-corrected chi connectivity index (χ2v) is 16.2. The van der Waals surface area contributed by atoms with Crippen LogP contribution in [0.2, 0.25) is 0 Å². The van der Waals surface area contributed by atoms with Crippen molar-refractivity contribution < 1.29 is 0 Å². The first-order chi connectivity index (χ1) is 32.7. The number of para-hydroxylation sites is 4. The van der Waals surface area contributed by atoms with Gasteiger partial charge in [-0.05, 0) is 141 Å². The summed E-state index contributed by atoms with van der Waals surface area (Å²) in [5.41, 5.74) is 18.3. The fraction of sp³-hybridized carbons (Fsp3) is 0. The summed E-state index contributed by atoms with van der Waals surface area (Å²) in [4.78, 5) is 4.59. The van der Waals surface area contributed by atoms with Gasteiger partial charge in [0.15, 0.2) is 0 Å². The monoisotopic (exact) mass is 844 g/mol. The van der Waals surface area contributed by atoms with Crippen molar-refractivity contribution in [1.82, 2.24) is 0 Å². The minimum absolute atomic E-state index is 1.11. The van der Waals surface area contributed by atoms with Gasteiger partial charge in [0.1, 0.15) is 0 Å². The molecule has 10 rings (SSSR count). The van der Waals surface area contributed by atoms with Gasteiger partial charge >= 0.3 is 0 Å². The van der Waals surface area contributed by atoms with E-state index in [-0.39, 0.29) is 0 Å². The number of anilines is 6. The summed E-state index contributed by atoms with van der Waals surface area (Å²) < 4.78 is 0. The standard InChI is InChI=1S/C64H48N2/c1-7-19-53(20-8-1)63(55-39-43-61(44-40-55)65(57-23-11-3-12-24-57)58-25-13-4-14-26-58)47-49-31-35-51(36-32-49)52-37-33-50(34-38-52)48-64(54-21-9-2-10-22-54)56-41-45-62(46-42-56)66(59-27-15-5-16-28-59)60-29-17-6-18-30-60/h1-48H. The molecular formula is C64H48N2. The Bertz CT molecular complexity index is 2850. The van der Waals surface area contributed by atoms with Crippen LogP contribution < -0.4 is 9.80 Å². The summed E-state index contributed by atoms with van der Waals surface area (Å²) in [7, 11) is 0. The summed E-state index contributed by atoms with van der Waals surface area (Å²) in [6.45, 7) is 0. The molecule has 2 nitrogen and oxygen atoms in total. The molecule has 2 heteroatoms. The molecule has 66 heavy (non-hydrogen) atoms. The Labute approximate surface area is 389 Å². The van der Waals surface area contributed by atoms with Crippen LogP contribution >= 0.6 is 0 Å². The van der Waals surface area contributed by atoms with Crippen LogP contribution in [0, 0.1) is 0 Å². The molecule has 0 aliphatic heterocycles. The van der Waals surface area contributed by atoms with Crippen LogP contribution in [0.25, 0.3) is 34.4 Å². The molecule has 0 saturated heterocycles. The molecule has 0 aliphatic rings. The summed E-state index contributed by atoms with van der Waals surface area (Å²) in [5.74, 6) is 0. The Balaban J connectivity index is 0.913. The lowest BCUT2D eigenvalue weighted by Crippen LogP contribution is -2.09. The maximum atomic E-state index is 2.30. The molecule has 0 unspecified atom stereocenters. The average Bonchev–Trinajstić information content (AvgIpc) is 3.40. The fourth-order valence-corrected chi connectivity index (χ4v) is 8.56. The third-order valence-electron chi connectivity index (χ3n) is 11.9. The van der Waals surface area contributed by atoms with Gasteiger partial charge in [0, 0.05) is 34.1 Å². The first-order valence-electron chi connectivity index (χ1n) is 22.5. The average molecular weight is 845 g/mol. The quantitative estimate of drug-likeness (QED) is 0.107. The highest BCUT2D eigenvalue weighted by Gasteiger charge is 2.15. The van der Waals surface area contributed by atoms with Crippen molar-refractivity contribution in [3.8, 4) is 11.1 Å².